The van der Waals surface area contributed by atoms with Crippen molar-refractivity contribution in [2.75, 3.05) is 37.4 Å². The first-order valence-electron chi connectivity index (χ1n) is 13.0. The topological polar surface area (TPSA) is 128 Å². The molecule has 11 heteroatoms. The van der Waals surface area contributed by atoms with Crippen LogP contribution < -0.4 is 15.4 Å². The van der Waals surface area contributed by atoms with Gasteiger partial charge in [-0.1, -0.05) is 49.4 Å². The first-order chi connectivity index (χ1) is 19.1. The van der Waals surface area contributed by atoms with Gasteiger partial charge in [0.25, 0.3) is 5.91 Å². The largest absolute Gasteiger partial charge is 0.486 e. The van der Waals surface area contributed by atoms with Gasteiger partial charge in [-0.15, -0.1) is 0 Å². The number of aliphatic hydroxyl groups excluding tert-OH is 1. The minimum absolute atomic E-state index is 0.0160. The summed E-state index contributed by atoms with van der Waals surface area (Å²) in [5.41, 5.74) is 1.03. The molecule has 0 spiro atoms. The van der Waals surface area contributed by atoms with Crippen LogP contribution in [0, 0.1) is 5.92 Å². The number of para-hydroxylation sites is 2. The predicted molar refractivity (Wildman–Crippen MR) is 153 cm³/mol. The van der Waals surface area contributed by atoms with E-state index < -0.39 is 28.2 Å². The highest BCUT2D eigenvalue weighted by Crippen LogP contribution is 2.35. The number of carbonyl (C=O) groups is 2. The molecule has 40 heavy (non-hydrogen) atoms. The van der Waals surface area contributed by atoms with Crippen LogP contribution in [0.5, 0.6) is 5.75 Å². The Bertz CT molecular complexity index is 1440. The third-order valence-electron chi connectivity index (χ3n) is 6.86. The van der Waals surface area contributed by atoms with Gasteiger partial charge in [-0.3, -0.25) is 4.79 Å². The second kappa shape index (κ2) is 12.5. The van der Waals surface area contributed by atoms with Crippen LogP contribution in [0.3, 0.4) is 0 Å². The summed E-state index contributed by atoms with van der Waals surface area (Å²) >= 11 is 0. The first-order valence-corrected chi connectivity index (χ1v) is 14.4. The third-order valence-corrected chi connectivity index (χ3v) is 8.70. The van der Waals surface area contributed by atoms with Crippen LogP contribution in [0.4, 0.5) is 16.2 Å². The van der Waals surface area contributed by atoms with Crippen molar-refractivity contribution in [3.05, 3.63) is 84.4 Å². The quantitative estimate of drug-likeness (QED) is 0.380. The van der Waals surface area contributed by atoms with Crippen LogP contribution in [-0.2, 0) is 10.0 Å². The Kier molecular flexibility index (Phi) is 9.08. The van der Waals surface area contributed by atoms with Crippen LogP contribution in [-0.4, -0.2) is 73.6 Å². The van der Waals surface area contributed by atoms with E-state index in [9.17, 15) is 23.1 Å². The monoisotopic (exact) mass is 566 g/mol. The molecule has 0 aromatic heterocycles. The molecular weight excluding hydrogens is 532 g/mol. The molecule has 10 nitrogen and oxygen atoms in total. The fourth-order valence-electron chi connectivity index (χ4n) is 4.49. The van der Waals surface area contributed by atoms with Crippen LogP contribution in [0.2, 0.25) is 0 Å². The molecule has 0 saturated heterocycles. The number of hydrogen-bond donors (Lipinski definition) is 3. The highest BCUT2D eigenvalue weighted by atomic mass is 32.2. The Morgan fingerprint density at radius 2 is 1.70 bits per heavy atom. The highest BCUT2D eigenvalue weighted by molar-refractivity contribution is 7.89. The standard InChI is InChI=1S/C29H34N4O6S/c1-20-17-33(21(2)19-34)28(35)24-15-10-16-25(31-29(36)30-22-11-6-4-7-12-22)27(24)39-26(20)18-32(3)40(37,38)23-13-8-5-9-14-23/h4-16,20-21,26,34H,17-19H2,1-3H3,(H2,30,31,36)/t20-,21-,26+/m0/s1. The summed E-state index contributed by atoms with van der Waals surface area (Å²) in [6.07, 6.45) is -0.691. The lowest BCUT2D eigenvalue weighted by Gasteiger charge is -2.38. The van der Waals surface area contributed by atoms with E-state index in [1.54, 1.807) is 72.5 Å². The van der Waals surface area contributed by atoms with Crippen LogP contribution in [0.15, 0.2) is 83.8 Å². The van der Waals surface area contributed by atoms with Crippen molar-refractivity contribution < 1.29 is 27.9 Å². The molecule has 1 aliphatic heterocycles. The average Bonchev–Trinajstić information content (AvgIpc) is 2.95. The fourth-order valence-corrected chi connectivity index (χ4v) is 5.69. The van der Waals surface area contributed by atoms with Crippen molar-refractivity contribution >= 4 is 33.3 Å². The number of nitrogens with one attached hydrogen (secondary N) is 2. The Balaban J connectivity index is 1.69. The minimum atomic E-state index is -3.82. The van der Waals surface area contributed by atoms with Crippen LogP contribution >= 0.6 is 0 Å². The van der Waals surface area contributed by atoms with E-state index >= 15 is 0 Å². The maximum Gasteiger partial charge on any atom is 0.323 e. The van der Waals surface area contributed by atoms with Gasteiger partial charge in [-0.25, -0.2) is 13.2 Å². The molecule has 3 N–H and O–H groups in total. The zero-order valence-corrected chi connectivity index (χ0v) is 23.5. The summed E-state index contributed by atoms with van der Waals surface area (Å²) in [6.45, 7) is 3.57. The number of anilines is 2. The van der Waals surface area contributed by atoms with Crippen molar-refractivity contribution in [1.29, 1.82) is 0 Å². The molecule has 1 heterocycles. The lowest BCUT2D eigenvalue weighted by atomic mass is 9.99. The number of amides is 3. The lowest BCUT2D eigenvalue weighted by molar-refractivity contribution is 0.0389. The van der Waals surface area contributed by atoms with E-state index in [4.69, 9.17) is 4.74 Å². The Labute approximate surface area is 234 Å². The molecule has 3 amide bonds. The molecule has 0 aliphatic carbocycles. The summed E-state index contributed by atoms with van der Waals surface area (Å²) < 4.78 is 34.2. The van der Waals surface area contributed by atoms with Crippen molar-refractivity contribution in [2.24, 2.45) is 5.92 Å². The summed E-state index contributed by atoms with van der Waals surface area (Å²) in [5, 5.41) is 15.4. The van der Waals surface area contributed by atoms with Gasteiger partial charge in [0.1, 0.15) is 6.10 Å². The van der Waals surface area contributed by atoms with Crippen LogP contribution in [0.1, 0.15) is 24.2 Å². The van der Waals surface area contributed by atoms with E-state index in [2.05, 4.69) is 10.6 Å². The maximum absolute atomic E-state index is 13.6. The van der Waals surface area contributed by atoms with Crippen molar-refractivity contribution in [3.63, 3.8) is 0 Å². The Morgan fingerprint density at radius 3 is 2.35 bits per heavy atom. The highest BCUT2D eigenvalue weighted by Gasteiger charge is 2.36. The third kappa shape index (κ3) is 6.44. The number of urea groups is 1. The lowest BCUT2D eigenvalue weighted by Crippen LogP contribution is -2.50. The van der Waals surface area contributed by atoms with E-state index in [0.717, 1.165) is 0 Å². The van der Waals surface area contributed by atoms with Gasteiger partial charge in [0.05, 0.1) is 35.3 Å². The smallest absolute Gasteiger partial charge is 0.323 e. The number of carbonyl (C=O) groups excluding carboxylic acids is 2. The van der Waals surface area contributed by atoms with Crippen LogP contribution in [0.25, 0.3) is 0 Å². The Morgan fingerprint density at radius 1 is 1.05 bits per heavy atom. The average molecular weight is 567 g/mol. The Hall–Kier alpha value is -3.93. The second-order valence-corrected chi connectivity index (χ2v) is 11.9. The summed E-state index contributed by atoms with van der Waals surface area (Å²) in [4.78, 5) is 28.2. The normalized spacial score (nSPS) is 18.2. The number of ether oxygens (including phenoxy) is 1. The molecule has 0 fully saturated rings. The zero-order chi connectivity index (χ0) is 28.9. The number of fused-ring (bicyclic) bond motifs is 1. The van der Waals surface area contributed by atoms with Crippen molar-refractivity contribution in [2.45, 2.75) is 30.9 Å². The number of likely N-dealkylation sites (N-methyl/N-ethyl adjacent to an activating group) is 1. The van der Waals surface area contributed by atoms with E-state index in [0.29, 0.717) is 5.69 Å². The number of rotatable bonds is 8. The van der Waals surface area contributed by atoms with Crippen molar-refractivity contribution in [1.82, 2.24) is 9.21 Å². The summed E-state index contributed by atoms with van der Waals surface area (Å²) in [6, 6.07) is 20.8. The molecule has 3 aromatic carbocycles. The van der Waals surface area contributed by atoms with Gasteiger partial charge in [-0.2, -0.15) is 4.31 Å². The van der Waals surface area contributed by atoms with Gasteiger partial charge in [0, 0.05) is 25.2 Å². The molecule has 0 radical (unpaired) electrons. The predicted octanol–water partition coefficient (Wildman–Crippen LogP) is 3.87. The number of aliphatic hydroxyl groups is 1. The first kappa shape index (κ1) is 29.1. The summed E-state index contributed by atoms with van der Waals surface area (Å²) in [7, 11) is -2.34. The maximum atomic E-state index is 13.6. The van der Waals surface area contributed by atoms with Crippen molar-refractivity contribution in [3.8, 4) is 5.75 Å². The number of nitrogens with zero attached hydrogens (tertiary/aromatic N) is 2. The van der Waals surface area contributed by atoms with Gasteiger partial charge in [-0.05, 0) is 43.3 Å². The zero-order valence-electron chi connectivity index (χ0n) is 22.7. The van der Waals surface area contributed by atoms with Gasteiger partial charge in [0.2, 0.25) is 10.0 Å². The molecule has 0 saturated carbocycles. The van der Waals surface area contributed by atoms with Gasteiger partial charge < -0.3 is 25.4 Å². The number of sulfonamides is 1. The molecule has 1 aliphatic rings. The second-order valence-electron chi connectivity index (χ2n) is 9.85. The molecular formula is C29H34N4O6S. The minimum Gasteiger partial charge on any atom is -0.486 e. The van der Waals surface area contributed by atoms with E-state index in [-0.39, 0.29) is 53.4 Å². The van der Waals surface area contributed by atoms with Gasteiger partial charge >= 0.3 is 6.03 Å². The molecule has 0 bridgehead atoms. The molecule has 0 unspecified atom stereocenters. The SMILES string of the molecule is C[C@H]1CN([C@@H](C)CO)C(=O)c2cccc(NC(=O)Nc3ccccc3)c2O[C@@H]1CN(C)S(=O)(=O)c1ccccc1. The summed E-state index contributed by atoms with van der Waals surface area (Å²) in [5.74, 6) is -0.558. The van der Waals surface area contributed by atoms with Gasteiger partial charge in [0.15, 0.2) is 5.75 Å². The molecule has 212 valence electrons. The van der Waals surface area contributed by atoms with E-state index in [1.165, 1.54) is 23.5 Å². The molecule has 3 aromatic rings. The molecule has 4 rings (SSSR count). The number of benzene rings is 3. The van der Waals surface area contributed by atoms with E-state index in [1.807, 2.05) is 13.0 Å². The fraction of sp³-hybridized carbons (Fsp3) is 0.310. The molecule has 3 atom stereocenters. The number of hydrogen-bond acceptors (Lipinski definition) is 6.